The SMILES string of the molecule is Cc1cc2nc3ccccc3nc2cc1C(C)(C)C. The van der Waals surface area contributed by atoms with Gasteiger partial charge >= 0.3 is 0 Å². The molecule has 2 heteroatoms. The van der Waals surface area contributed by atoms with Crippen LogP contribution >= 0.6 is 0 Å². The summed E-state index contributed by atoms with van der Waals surface area (Å²) in [6, 6.07) is 12.4. The van der Waals surface area contributed by atoms with Gasteiger partial charge in [-0.15, -0.1) is 0 Å². The summed E-state index contributed by atoms with van der Waals surface area (Å²) in [6.07, 6.45) is 0. The Kier molecular flexibility index (Phi) is 2.56. The minimum Gasteiger partial charge on any atom is -0.244 e. The Hall–Kier alpha value is -1.96. The summed E-state index contributed by atoms with van der Waals surface area (Å²) in [5.74, 6) is 0. The van der Waals surface area contributed by atoms with Crippen LogP contribution in [-0.2, 0) is 5.41 Å². The lowest BCUT2D eigenvalue weighted by Crippen LogP contribution is -2.13. The van der Waals surface area contributed by atoms with Gasteiger partial charge in [-0.25, -0.2) is 9.97 Å². The molecule has 3 aromatic rings. The molecule has 0 aliphatic carbocycles. The van der Waals surface area contributed by atoms with E-state index in [1.807, 2.05) is 24.3 Å². The molecule has 0 N–H and O–H groups in total. The lowest BCUT2D eigenvalue weighted by atomic mass is 9.84. The molecule has 0 bridgehead atoms. The molecule has 2 nitrogen and oxygen atoms in total. The minimum atomic E-state index is 0.131. The van der Waals surface area contributed by atoms with Gasteiger partial charge in [0.2, 0.25) is 0 Å². The average Bonchev–Trinajstić information content (AvgIpc) is 2.34. The molecule has 0 aliphatic heterocycles. The molecule has 0 atom stereocenters. The van der Waals surface area contributed by atoms with E-state index in [2.05, 4.69) is 39.8 Å². The van der Waals surface area contributed by atoms with Crippen molar-refractivity contribution in [3.8, 4) is 0 Å². The van der Waals surface area contributed by atoms with Crippen LogP contribution in [0.1, 0.15) is 31.9 Å². The highest BCUT2D eigenvalue weighted by molar-refractivity contribution is 5.87. The second-order valence-corrected chi connectivity index (χ2v) is 6.12. The molecule has 2 aromatic carbocycles. The maximum Gasteiger partial charge on any atom is 0.0897 e. The third kappa shape index (κ3) is 2.07. The first kappa shape index (κ1) is 12.1. The van der Waals surface area contributed by atoms with Gasteiger partial charge < -0.3 is 0 Å². The fourth-order valence-electron chi connectivity index (χ4n) is 2.58. The number of para-hydroxylation sites is 2. The number of fused-ring (bicyclic) bond motifs is 2. The third-order valence-corrected chi connectivity index (χ3v) is 3.49. The molecular formula is C17H18N2. The van der Waals surface area contributed by atoms with Crippen LogP contribution in [0, 0.1) is 6.92 Å². The van der Waals surface area contributed by atoms with E-state index in [-0.39, 0.29) is 5.41 Å². The van der Waals surface area contributed by atoms with E-state index in [1.54, 1.807) is 0 Å². The summed E-state index contributed by atoms with van der Waals surface area (Å²) in [6.45, 7) is 8.85. The molecule has 0 saturated carbocycles. The second kappa shape index (κ2) is 4.02. The lowest BCUT2D eigenvalue weighted by Gasteiger charge is -2.22. The number of nitrogens with zero attached hydrogens (tertiary/aromatic N) is 2. The van der Waals surface area contributed by atoms with Crippen molar-refractivity contribution < 1.29 is 0 Å². The van der Waals surface area contributed by atoms with Gasteiger partial charge in [0.05, 0.1) is 22.1 Å². The summed E-state index contributed by atoms with van der Waals surface area (Å²) in [5, 5.41) is 0. The summed E-state index contributed by atoms with van der Waals surface area (Å²) in [5.41, 5.74) is 6.62. The Morgan fingerprint density at radius 1 is 0.789 bits per heavy atom. The summed E-state index contributed by atoms with van der Waals surface area (Å²) < 4.78 is 0. The standard InChI is InChI=1S/C17H18N2/c1-11-9-15-16(10-12(11)17(2,3)4)19-14-8-6-5-7-13(14)18-15/h5-10H,1-4H3. The first-order chi connectivity index (χ1) is 8.95. The van der Waals surface area contributed by atoms with E-state index in [1.165, 1.54) is 11.1 Å². The van der Waals surface area contributed by atoms with Crippen LogP contribution in [0.4, 0.5) is 0 Å². The van der Waals surface area contributed by atoms with Crippen LogP contribution in [0.25, 0.3) is 22.1 Å². The fraction of sp³-hybridized carbons (Fsp3) is 0.294. The van der Waals surface area contributed by atoms with E-state index >= 15 is 0 Å². The normalized spacial score (nSPS) is 12.2. The maximum absolute atomic E-state index is 4.73. The highest BCUT2D eigenvalue weighted by atomic mass is 14.8. The molecule has 19 heavy (non-hydrogen) atoms. The number of aromatic nitrogens is 2. The molecule has 0 amide bonds. The molecule has 0 radical (unpaired) electrons. The van der Waals surface area contributed by atoms with Gasteiger partial charge in [0, 0.05) is 0 Å². The first-order valence-corrected chi connectivity index (χ1v) is 6.63. The van der Waals surface area contributed by atoms with Crippen LogP contribution < -0.4 is 0 Å². The molecule has 1 heterocycles. The minimum absolute atomic E-state index is 0.131. The smallest absolute Gasteiger partial charge is 0.0897 e. The second-order valence-electron chi connectivity index (χ2n) is 6.12. The van der Waals surface area contributed by atoms with Crippen molar-refractivity contribution in [2.24, 2.45) is 0 Å². The molecular weight excluding hydrogens is 232 g/mol. The van der Waals surface area contributed by atoms with Crippen molar-refractivity contribution in [1.82, 2.24) is 9.97 Å². The highest BCUT2D eigenvalue weighted by Gasteiger charge is 2.17. The van der Waals surface area contributed by atoms with E-state index in [4.69, 9.17) is 9.97 Å². The van der Waals surface area contributed by atoms with Crippen LogP contribution in [0.2, 0.25) is 0 Å². The Balaban J connectivity index is 2.36. The zero-order valence-corrected chi connectivity index (χ0v) is 11.9. The average molecular weight is 250 g/mol. The Morgan fingerprint density at radius 2 is 1.32 bits per heavy atom. The van der Waals surface area contributed by atoms with Crippen LogP contribution in [0.3, 0.4) is 0 Å². The maximum atomic E-state index is 4.73. The monoisotopic (exact) mass is 250 g/mol. The van der Waals surface area contributed by atoms with Gasteiger partial charge in [0.15, 0.2) is 0 Å². The van der Waals surface area contributed by atoms with Gasteiger partial charge in [-0.3, -0.25) is 0 Å². The molecule has 0 saturated heterocycles. The Morgan fingerprint density at radius 3 is 1.84 bits per heavy atom. The first-order valence-electron chi connectivity index (χ1n) is 6.63. The van der Waals surface area contributed by atoms with E-state index in [9.17, 15) is 0 Å². The quantitative estimate of drug-likeness (QED) is 0.553. The van der Waals surface area contributed by atoms with Crippen molar-refractivity contribution in [1.29, 1.82) is 0 Å². The topological polar surface area (TPSA) is 25.8 Å². The molecule has 0 fully saturated rings. The Bertz CT molecular complexity index is 767. The van der Waals surface area contributed by atoms with Crippen molar-refractivity contribution in [3.63, 3.8) is 0 Å². The van der Waals surface area contributed by atoms with Gasteiger partial charge in [0.1, 0.15) is 0 Å². The number of benzene rings is 2. The summed E-state index contributed by atoms with van der Waals surface area (Å²) in [4.78, 5) is 9.43. The Labute approximate surface area is 113 Å². The van der Waals surface area contributed by atoms with E-state index in [0.717, 1.165) is 22.1 Å². The van der Waals surface area contributed by atoms with E-state index in [0.29, 0.717) is 0 Å². The van der Waals surface area contributed by atoms with Crippen molar-refractivity contribution in [2.75, 3.05) is 0 Å². The molecule has 1 aromatic heterocycles. The van der Waals surface area contributed by atoms with Gasteiger partial charge in [0.25, 0.3) is 0 Å². The van der Waals surface area contributed by atoms with Crippen molar-refractivity contribution in [2.45, 2.75) is 33.1 Å². The number of rotatable bonds is 0. The summed E-state index contributed by atoms with van der Waals surface area (Å²) >= 11 is 0. The predicted octanol–water partition coefficient (Wildman–Crippen LogP) is 4.39. The van der Waals surface area contributed by atoms with Gasteiger partial charge in [-0.05, 0) is 47.7 Å². The number of hydrogen-bond donors (Lipinski definition) is 0. The molecule has 0 spiro atoms. The zero-order valence-electron chi connectivity index (χ0n) is 11.9. The number of hydrogen-bond acceptors (Lipinski definition) is 2. The highest BCUT2D eigenvalue weighted by Crippen LogP contribution is 2.29. The van der Waals surface area contributed by atoms with Crippen molar-refractivity contribution >= 4 is 22.1 Å². The fourth-order valence-corrected chi connectivity index (χ4v) is 2.58. The van der Waals surface area contributed by atoms with Crippen molar-refractivity contribution in [3.05, 3.63) is 47.5 Å². The van der Waals surface area contributed by atoms with Crippen LogP contribution in [0.15, 0.2) is 36.4 Å². The molecule has 0 unspecified atom stereocenters. The van der Waals surface area contributed by atoms with Gasteiger partial charge in [-0.1, -0.05) is 32.9 Å². The van der Waals surface area contributed by atoms with Crippen LogP contribution in [0.5, 0.6) is 0 Å². The molecule has 96 valence electrons. The van der Waals surface area contributed by atoms with E-state index < -0.39 is 0 Å². The zero-order chi connectivity index (χ0) is 13.6. The van der Waals surface area contributed by atoms with Crippen LogP contribution in [-0.4, -0.2) is 9.97 Å². The summed E-state index contributed by atoms with van der Waals surface area (Å²) in [7, 11) is 0. The predicted molar refractivity (Wildman–Crippen MR) is 80.5 cm³/mol. The molecule has 3 rings (SSSR count). The van der Waals surface area contributed by atoms with Gasteiger partial charge in [-0.2, -0.15) is 0 Å². The largest absolute Gasteiger partial charge is 0.244 e. The lowest BCUT2D eigenvalue weighted by molar-refractivity contribution is 0.587. The third-order valence-electron chi connectivity index (χ3n) is 3.49. The number of aryl methyl sites for hydroxylation is 1. The molecule has 0 aliphatic rings.